The van der Waals surface area contributed by atoms with Crippen LogP contribution in [0.2, 0.25) is 0 Å². The van der Waals surface area contributed by atoms with Crippen LogP contribution in [0.4, 0.5) is 5.82 Å². The van der Waals surface area contributed by atoms with Gasteiger partial charge in [-0.1, -0.05) is 6.07 Å². The number of unbranched alkanes of at least 4 members (excludes halogenated alkanes) is 1. The van der Waals surface area contributed by atoms with Crippen LogP contribution in [0.1, 0.15) is 32.6 Å². The molecule has 3 N–H and O–H groups in total. The van der Waals surface area contributed by atoms with E-state index < -0.39 is 0 Å². The molecule has 1 aromatic heterocycles. The van der Waals surface area contributed by atoms with Crippen LogP contribution in [0.15, 0.2) is 29.4 Å². The standard InChI is InChI=1S/C17H29N5O.HI/c1-2-18-17(22-14-15-8-7-13-23-15)21-12-6-5-11-20-16-9-3-4-10-19-16;/h3-4,9-10,15H,2,5-8,11-14H2,1H3,(H,19,20)(H2,18,21,22);1H. The Morgan fingerprint density at radius 3 is 2.88 bits per heavy atom. The molecule has 1 saturated heterocycles. The summed E-state index contributed by atoms with van der Waals surface area (Å²) in [6.45, 7) is 6.44. The summed E-state index contributed by atoms with van der Waals surface area (Å²) >= 11 is 0. The first-order chi connectivity index (χ1) is 11.4. The van der Waals surface area contributed by atoms with Crippen LogP contribution in [0.25, 0.3) is 0 Å². The number of pyridine rings is 1. The fourth-order valence-corrected chi connectivity index (χ4v) is 2.46. The second-order valence-electron chi connectivity index (χ2n) is 5.63. The highest BCUT2D eigenvalue weighted by Crippen LogP contribution is 2.11. The highest BCUT2D eigenvalue weighted by atomic mass is 127. The van der Waals surface area contributed by atoms with Crippen molar-refractivity contribution in [2.45, 2.75) is 38.7 Å². The third-order valence-electron chi connectivity index (χ3n) is 3.69. The summed E-state index contributed by atoms with van der Waals surface area (Å²) < 4.78 is 5.60. The Morgan fingerprint density at radius 2 is 2.17 bits per heavy atom. The van der Waals surface area contributed by atoms with Crippen LogP contribution in [-0.4, -0.2) is 49.8 Å². The quantitative estimate of drug-likeness (QED) is 0.235. The molecule has 0 radical (unpaired) electrons. The van der Waals surface area contributed by atoms with Crippen LogP contribution < -0.4 is 16.0 Å². The molecule has 1 aliphatic rings. The third-order valence-corrected chi connectivity index (χ3v) is 3.69. The lowest BCUT2D eigenvalue weighted by atomic mass is 10.2. The molecule has 0 aliphatic carbocycles. The molecule has 0 amide bonds. The molecule has 7 heteroatoms. The fraction of sp³-hybridized carbons (Fsp3) is 0.647. The summed E-state index contributed by atoms with van der Waals surface area (Å²) in [7, 11) is 0. The van der Waals surface area contributed by atoms with Gasteiger partial charge in [-0.25, -0.2) is 4.98 Å². The largest absolute Gasteiger partial charge is 0.376 e. The molecule has 0 spiro atoms. The van der Waals surface area contributed by atoms with Crippen LogP contribution in [0, 0.1) is 0 Å². The van der Waals surface area contributed by atoms with Gasteiger partial charge in [-0.15, -0.1) is 24.0 Å². The van der Waals surface area contributed by atoms with E-state index in [9.17, 15) is 0 Å². The summed E-state index contributed by atoms with van der Waals surface area (Å²) in [5, 5.41) is 9.98. The van der Waals surface area contributed by atoms with Crippen LogP contribution in [0.5, 0.6) is 0 Å². The van der Waals surface area contributed by atoms with E-state index in [1.807, 2.05) is 18.2 Å². The van der Waals surface area contributed by atoms with Gasteiger partial charge in [0.25, 0.3) is 0 Å². The average Bonchev–Trinajstić information content (AvgIpc) is 3.10. The molecule has 0 saturated carbocycles. The van der Waals surface area contributed by atoms with E-state index in [4.69, 9.17) is 4.74 Å². The Bertz CT molecular complexity index is 452. The first kappa shape index (κ1) is 21.0. The molecule has 2 rings (SSSR count). The van der Waals surface area contributed by atoms with Crippen molar-refractivity contribution in [3.63, 3.8) is 0 Å². The zero-order valence-corrected chi connectivity index (χ0v) is 16.8. The molecular weight excluding hydrogens is 417 g/mol. The van der Waals surface area contributed by atoms with Crippen molar-refractivity contribution < 1.29 is 4.74 Å². The Kier molecular flexibility index (Phi) is 11.5. The number of rotatable bonds is 9. The normalized spacial score (nSPS) is 17.2. The highest BCUT2D eigenvalue weighted by molar-refractivity contribution is 14.0. The Balaban J connectivity index is 0.00000288. The molecule has 0 aromatic carbocycles. The molecule has 136 valence electrons. The van der Waals surface area contributed by atoms with Crippen molar-refractivity contribution in [1.29, 1.82) is 0 Å². The van der Waals surface area contributed by atoms with Gasteiger partial charge in [0.05, 0.1) is 12.6 Å². The maximum absolute atomic E-state index is 5.60. The maximum atomic E-state index is 5.60. The monoisotopic (exact) mass is 447 g/mol. The number of ether oxygens (including phenoxy) is 1. The number of nitrogens with one attached hydrogen (secondary N) is 3. The summed E-state index contributed by atoms with van der Waals surface area (Å²) in [6, 6.07) is 5.90. The maximum Gasteiger partial charge on any atom is 0.191 e. The molecule has 1 aromatic rings. The van der Waals surface area contributed by atoms with Gasteiger partial charge in [-0.05, 0) is 44.7 Å². The van der Waals surface area contributed by atoms with Crippen molar-refractivity contribution in [1.82, 2.24) is 15.6 Å². The number of anilines is 1. The van der Waals surface area contributed by atoms with E-state index in [1.165, 1.54) is 0 Å². The van der Waals surface area contributed by atoms with Crippen molar-refractivity contribution in [3.8, 4) is 0 Å². The van der Waals surface area contributed by atoms with Gasteiger partial charge >= 0.3 is 0 Å². The Hall–Kier alpha value is -1.09. The average molecular weight is 447 g/mol. The summed E-state index contributed by atoms with van der Waals surface area (Å²) in [6.07, 6.45) is 6.57. The molecule has 1 aliphatic heterocycles. The number of hydrogen-bond donors (Lipinski definition) is 3. The molecule has 1 unspecified atom stereocenters. The van der Waals surface area contributed by atoms with E-state index in [0.717, 1.165) is 70.2 Å². The number of aliphatic imine (C=N–C) groups is 1. The van der Waals surface area contributed by atoms with E-state index in [-0.39, 0.29) is 24.0 Å². The SMILES string of the molecule is CCNC(=NCC1CCCO1)NCCCCNc1ccccn1.I. The van der Waals surface area contributed by atoms with Crippen LogP contribution in [0.3, 0.4) is 0 Å². The van der Waals surface area contributed by atoms with Crippen molar-refractivity contribution >= 4 is 35.8 Å². The van der Waals surface area contributed by atoms with Gasteiger partial charge in [-0.3, -0.25) is 4.99 Å². The number of nitrogens with zero attached hydrogens (tertiary/aromatic N) is 2. The Morgan fingerprint density at radius 1 is 1.29 bits per heavy atom. The predicted octanol–water partition coefficient (Wildman–Crippen LogP) is 2.63. The lowest BCUT2D eigenvalue weighted by Crippen LogP contribution is -2.38. The van der Waals surface area contributed by atoms with Gasteiger partial charge in [0.15, 0.2) is 5.96 Å². The lowest BCUT2D eigenvalue weighted by Gasteiger charge is -2.13. The van der Waals surface area contributed by atoms with Crippen molar-refractivity contribution in [3.05, 3.63) is 24.4 Å². The molecule has 24 heavy (non-hydrogen) atoms. The number of aromatic nitrogens is 1. The first-order valence-corrected chi connectivity index (χ1v) is 8.67. The van der Waals surface area contributed by atoms with E-state index in [2.05, 4.69) is 32.9 Å². The van der Waals surface area contributed by atoms with Gasteiger partial charge < -0.3 is 20.7 Å². The van der Waals surface area contributed by atoms with Crippen molar-refractivity contribution in [2.75, 3.05) is 38.1 Å². The minimum atomic E-state index is 0. The lowest BCUT2D eigenvalue weighted by molar-refractivity contribution is 0.117. The molecule has 0 bridgehead atoms. The highest BCUT2D eigenvalue weighted by Gasteiger charge is 2.14. The molecule has 1 atom stereocenters. The third kappa shape index (κ3) is 8.68. The minimum absolute atomic E-state index is 0. The van der Waals surface area contributed by atoms with Gasteiger partial charge in [0, 0.05) is 32.4 Å². The van der Waals surface area contributed by atoms with E-state index in [0.29, 0.717) is 6.10 Å². The molecule has 6 nitrogen and oxygen atoms in total. The van der Waals surface area contributed by atoms with Gasteiger partial charge in [-0.2, -0.15) is 0 Å². The van der Waals surface area contributed by atoms with Crippen LogP contribution >= 0.6 is 24.0 Å². The molecular formula is C17H30IN5O. The zero-order chi connectivity index (χ0) is 16.2. The molecule has 1 fully saturated rings. The second-order valence-corrected chi connectivity index (χ2v) is 5.63. The van der Waals surface area contributed by atoms with Gasteiger partial charge in [0.1, 0.15) is 5.82 Å². The van der Waals surface area contributed by atoms with E-state index >= 15 is 0 Å². The predicted molar refractivity (Wildman–Crippen MR) is 110 cm³/mol. The Labute approximate surface area is 162 Å². The number of guanidine groups is 1. The minimum Gasteiger partial charge on any atom is -0.376 e. The van der Waals surface area contributed by atoms with Gasteiger partial charge in [0.2, 0.25) is 0 Å². The number of halogens is 1. The smallest absolute Gasteiger partial charge is 0.191 e. The second kappa shape index (κ2) is 13.2. The summed E-state index contributed by atoms with van der Waals surface area (Å²) in [5.41, 5.74) is 0. The fourth-order valence-electron chi connectivity index (χ4n) is 2.46. The van der Waals surface area contributed by atoms with Crippen LogP contribution in [-0.2, 0) is 4.74 Å². The summed E-state index contributed by atoms with van der Waals surface area (Å²) in [4.78, 5) is 8.85. The zero-order valence-electron chi connectivity index (χ0n) is 14.5. The topological polar surface area (TPSA) is 70.6 Å². The number of hydrogen-bond acceptors (Lipinski definition) is 4. The van der Waals surface area contributed by atoms with E-state index in [1.54, 1.807) is 6.20 Å². The molecule has 2 heterocycles. The summed E-state index contributed by atoms with van der Waals surface area (Å²) in [5.74, 6) is 1.83. The van der Waals surface area contributed by atoms with Crippen molar-refractivity contribution in [2.24, 2.45) is 4.99 Å². The first-order valence-electron chi connectivity index (χ1n) is 8.67.